The molecule has 0 aliphatic rings. The smallest absolute Gasteiger partial charge is 0.407 e. The lowest BCUT2D eigenvalue weighted by Gasteiger charge is -2.38. The monoisotopic (exact) mass is 606 g/mol. The van der Waals surface area contributed by atoms with E-state index in [9.17, 15) is 19.2 Å². The lowest BCUT2D eigenvalue weighted by atomic mass is 10.5. The molecule has 0 aromatic carbocycles. The van der Waals surface area contributed by atoms with E-state index in [1.165, 1.54) is 0 Å². The molecule has 2 amide bonds. The molecule has 0 bridgehead atoms. The molecule has 12 nitrogen and oxygen atoms in total. The van der Waals surface area contributed by atoms with Crippen molar-refractivity contribution in [1.82, 2.24) is 10.6 Å². The lowest BCUT2D eigenvalue weighted by Crippen LogP contribution is -2.52. The normalized spacial score (nSPS) is 11.6. The molecule has 0 fully saturated rings. The molecule has 224 valence electrons. The maximum absolute atomic E-state index is 11.7. The van der Waals surface area contributed by atoms with Crippen LogP contribution in [0.4, 0.5) is 9.59 Å². The highest BCUT2D eigenvalue weighted by atomic mass is 28.5. The van der Waals surface area contributed by atoms with Crippen molar-refractivity contribution in [3.8, 4) is 0 Å². The first-order valence-electron chi connectivity index (χ1n) is 12.9. The molecule has 0 radical (unpaired) electrons. The Balaban J connectivity index is 4.22. The van der Waals surface area contributed by atoms with Crippen LogP contribution in [0.15, 0.2) is 25.3 Å². The van der Waals surface area contributed by atoms with Gasteiger partial charge in [0.25, 0.3) is 0 Å². The Labute approximate surface area is 235 Å². The summed E-state index contributed by atoms with van der Waals surface area (Å²) in [7, 11) is -6.50. The van der Waals surface area contributed by atoms with E-state index in [-0.39, 0.29) is 26.4 Å². The van der Waals surface area contributed by atoms with Gasteiger partial charge in [-0.25, -0.2) is 19.2 Å². The number of carbonyl (C=O) groups is 4. The number of esters is 2. The molecule has 0 aromatic rings. The Morgan fingerprint density at radius 3 is 1.28 bits per heavy atom. The van der Waals surface area contributed by atoms with Crippen molar-refractivity contribution in [3.05, 3.63) is 25.3 Å². The molecule has 0 unspecified atom stereocenters. The molecule has 2 N–H and O–H groups in total. The summed E-state index contributed by atoms with van der Waals surface area (Å²) < 4.78 is 32.5. The number of carbonyl (C=O) groups excluding carboxylic acids is 4. The van der Waals surface area contributed by atoms with E-state index < -0.39 is 49.3 Å². The minimum atomic E-state index is -2.40. The third-order valence-corrected chi connectivity index (χ3v) is 16.4. The average Bonchev–Trinajstić information content (AvgIpc) is 2.83. The predicted molar refractivity (Wildman–Crippen MR) is 154 cm³/mol. The van der Waals surface area contributed by atoms with Gasteiger partial charge in [-0.15, -0.1) is 0 Å². The number of hydrogen-bond donors (Lipinski definition) is 2. The second-order valence-electron chi connectivity index (χ2n) is 10.2. The average molecular weight is 607 g/mol. The molecule has 0 rings (SSSR count). The molecule has 0 aliphatic carbocycles. The molecule has 39 heavy (non-hydrogen) atoms. The van der Waals surface area contributed by atoms with E-state index in [1.54, 1.807) is 0 Å². The van der Waals surface area contributed by atoms with Crippen LogP contribution in [0.2, 0.25) is 51.4 Å². The minimum absolute atomic E-state index is 0.0227. The van der Waals surface area contributed by atoms with Crippen LogP contribution in [-0.2, 0) is 36.8 Å². The highest BCUT2D eigenvalue weighted by Gasteiger charge is 2.39. The second kappa shape index (κ2) is 18.8. The van der Waals surface area contributed by atoms with Crippen LogP contribution < -0.4 is 10.6 Å². The van der Waals surface area contributed by atoms with Crippen LogP contribution in [0.25, 0.3) is 0 Å². The Kier molecular flexibility index (Phi) is 17.6. The van der Waals surface area contributed by atoms with Crippen LogP contribution in [0.1, 0.15) is 12.8 Å². The fourth-order valence-electron chi connectivity index (χ4n) is 3.64. The van der Waals surface area contributed by atoms with Crippen molar-refractivity contribution in [3.63, 3.8) is 0 Å². The first kappa shape index (κ1) is 36.5. The summed E-state index contributed by atoms with van der Waals surface area (Å²) in [6.45, 7) is 20.0. The molecular formula is C24H46N2O10Si3. The molecule has 0 atom stereocenters. The summed E-state index contributed by atoms with van der Waals surface area (Å²) in [5, 5.41) is 5.37. The van der Waals surface area contributed by atoms with E-state index >= 15 is 0 Å². The highest BCUT2D eigenvalue weighted by Crippen LogP contribution is 2.25. The van der Waals surface area contributed by atoms with Gasteiger partial charge in [-0.3, -0.25) is 0 Å². The number of rotatable bonds is 20. The Bertz CT molecular complexity index is 758. The van der Waals surface area contributed by atoms with Gasteiger partial charge in [0.05, 0.1) is 0 Å². The molecule has 0 heterocycles. The third-order valence-electron chi connectivity index (χ3n) is 4.95. The maximum Gasteiger partial charge on any atom is 0.407 e. The SMILES string of the molecule is C=CC(=O)OCCOC(=O)NCCC[Si](C)(C)O[Si](C)(C)O[Si](C)(C)CCCNC(=O)OCCOC(=O)C=C. The minimum Gasteiger partial charge on any atom is -0.459 e. The zero-order valence-electron chi connectivity index (χ0n) is 24.2. The van der Waals surface area contributed by atoms with Gasteiger partial charge in [-0.05, 0) is 64.2 Å². The van der Waals surface area contributed by atoms with E-state index in [0.717, 1.165) is 37.1 Å². The van der Waals surface area contributed by atoms with Gasteiger partial charge in [0.15, 0.2) is 16.6 Å². The zero-order valence-corrected chi connectivity index (χ0v) is 27.2. The van der Waals surface area contributed by atoms with E-state index in [1.807, 2.05) is 0 Å². The fourth-order valence-corrected chi connectivity index (χ4v) is 17.7. The van der Waals surface area contributed by atoms with E-state index in [2.05, 4.69) is 63.1 Å². The van der Waals surface area contributed by atoms with Crippen LogP contribution >= 0.6 is 0 Å². The molecule has 0 saturated carbocycles. The van der Waals surface area contributed by atoms with Gasteiger partial charge in [0, 0.05) is 25.2 Å². The number of ether oxygens (including phenoxy) is 4. The summed E-state index contributed by atoms with van der Waals surface area (Å²) in [5.74, 6) is -1.13. The highest BCUT2D eigenvalue weighted by molar-refractivity contribution is 6.87. The largest absolute Gasteiger partial charge is 0.459 e. The Hall–Kier alpha value is -2.47. The van der Waals surface area contributed by atoms with Crippen molar-refractivity contribution in [2.24, 2.45) is 0 Å². The maximum atomic E-state index is 11.7. The molecule has 0 saturated heterocycles. The Morgan fingerprint density at radius 2 is 0.949 bits per heavy atom. The van der Waals surface area contributed by atoms with Crippen molar-refractivity contribution in [1.29, 1.82) is 0 Å². The summed E-state index contributed by atoms with van der Waals surface area (Å²) in [4.78, 5) is 45.3. The number of hydrogen-bond acceptors (Lipinski definition) is 10. The van der Waals surface area contributed by atoms with Gasteiger partial charge in [-0.1, -0.05) is 13.2 Å². The number of nitrogens with one attached hydrogen (secondary N) is 2. The van der Waals surface area contributed by atoms with Crippen molar-refractivity contribution in [2.75, 3.05) is 39.5 Å². The topological polar surface area (TPSA) is 148 Å². The predicted octanol–water partition coefficient (Wildman–Crippen LogP) is 3.82. The first-order valence-corrected chi connectivity index (χ1v) is 22.0. The summed E-state index contributed by atoms with van der Waals surface area (Å²) in [5.41, 5.74) is 0. The van der Waals surface area contributed by atoms with Crippen LogP contribution in [0.3, 0.4) is 0 Å². The lowest BCUT2D eigenvalue weighted by molar-refractivity contribution is -0.139. The van der Waals surface area contributed by atoms with E-state index in [4.69, 9.17) is 27.2 Å². The summed E-state index contributed by atoms with van der Waals surface area (Å²) in [6, 6.07) is 1.68. The molecular weight excluding hydrogens is 561 g/mol. The summed E-state index contributed by atoms with van der Waals surface area (Å²) in [6.07, 6.45) is 2.44. The van der Waals surface area contributed by atoms with E-state index in [0.29, 0.717) is 13.1 Å². The van der Waals surface area contributed by atoms with Crippen LogP contribution in [0.5, 0.6) is 0 Å². The quantitative estimate of drug-likeness (QED) is 0.0689. The second-order valence-corrected chi connectivity index (χ2v) is 22.7. The summed E-state index contributed by atoms with van der Waals surface area (Å²) >= 11 is 0. The number of alkyl carbamates (subject to hydrolysis) is 2. The van der Waals surface area contributed by atoms with Crippen LogP contribution in [-0.4, -0.2) is 88.8 Å². The molecule has 15 heteroatoms. The van der Waals surface area contributed by atoms with Crippen molar-refractivity contribution < 1.29 is 46.4 Å². The fraction of sp³-hybridized carbons (Fsp3) is 0.667. The van der Waals surface area contributed by atoms with Gasteiger partial charge in [0.2, 0.25) is 0 Å². The zero-order chi connectivity index (χ0) is 30.0. The van der Waals surface area contributed by atoms with Gasteiger partial charge in [-0.2, -0.15) is 0 Å². The standard InChI is InChI=1S/C24H46N2O10Si3/c1-9-21(27)31-15-17-33-23(29)25-13-11-19-37(3,4)35-39(7,8)36-38(5,6)20-12-14-26-24(30)34-18-16-32-22(28)10-2/h9-10H,1-2,11-20H2,3-8H3,(H,25,29)(H,26,30). The molecule has 0 spiro atoms. The third kappa shape index (κ3) is 21.1. The van der Waals surface area contributed by atoms with Crippen molar-refractivity contribution >= 4 is 49.3 Å². The molecule has 0 aromatic heterocycles. The van der Waals surface area contributed by atoms with Crippen molar-refractivity contribution in [2.45, 2.75) is 64.2 Å². The first-order chi connectivity index (χ1) is 18.1. The Morgan fingerprint density at radius 1 is 0.615 bits per heavy atom. The van der Waals surface area contributed by atoms with Crippen LogP contribution in [0, 0.1) is 0 Å². The van der Waals surface area contributed by atoms with Gasteiger partial charge >= 0.3 is 32.7 Å². The molecule has 0 aliphatic heterocycles. The number of amides is 2. The van der Waals surface area contributed by atoms with Gasteiger partial charge < -0.3 is 37.8 Å². The van der Waals surface area contributed by atoms with Gasteiger partial charge in [0.1, 0.15) is 26.4 Å².